The van der Waals surface area contributed by atoms with Crippen LogP contribution in [-0.4, -0.2) is 47.2 Å². The van der Waals surface area contributed by atoms with E-state index in [9.17, 15) is 4.79 Å². The number of nitrogens with one attached hydrogen (secondary N) is 1. The third-order valence-electron chi connectivity index (χ3n) is 5.29. The lowest BCUT2D eigenvalue weighted by Gasteiger charge is -2.39. The molecule has 2 fully saturated rings. The summed E-state index contributed by atoms with van der Waals surface area (Å²) in [5, 5.41) is 4.96. The van der Waals surface area contributed by atoms with E-state index in [-0.39, 0.29) is 17.6 Å². The monoisotopic (exact) mass is 360 g/mol. The Morgan fingerprint density at radius 2 is 2.20 bits per heavy atom. The SMILES string of the molecule is CC(=O)NC[C@@H]1CCC2(CCN(c3nc(C)nc4ccsc34)CC2)O1. The fourth-order valence-corrected chi connectivity index (χ4v) is 4.81. The number of aromatic nitrogens is 2. The van der Waals surface area contributed by atoms with E-state index in [1.54, 1.807) is 18.3 Å². The molecule has 1 N–H and O–H groups in total. The molecule has 2 aliphatic heterocycles. The summed E-state index contributed by atoms with van der Waals surface area (Å²) >= 11 is 1.71. The van der Waals surface area contributed by atoms with Crippen molar-refractivity contribution in [3.05, 3.63) is 17.3 Å². The topological polar surface area (TPSA) is 67.4 Å². The first kappa shape index (κ1) is 16.7. The number of nitrogens with zero attached hydrogens (tertiary/aromatic N) is 3. The predicted molar refractivity (Wildman–Crippen MR) is 99.1 cm³/mol. The van der Waals surface area contributed by atoms with Crippen molar-refractivity contribution in [2.75, 3.05) is 24.5 Å². The lowest BCUT2D eigenvalue weighted by atomic mass is 9.88. The Morgan fingerprint density at radius 3 is 2.96 bits per heavy atom. The van der Waals surface area contributed by atoms with E-state index in [0.29, 0.717) is 6.54 Å². The Morgan fingerprint density at radius 1 is 1.40 bits per heavy atom. The van der Waals surface area contributed by atoms with Crippen molar-refractivity contribution < 1.29 is 9.53 Å². The Kier molecular flexibility index (Phi) is 4.37. The molecule has 2 aromatic heterocycles. The van der Waals surface area contributed by atoms with Crippen LogP contribution in [0, 0.1) is 6.92 Å². The number of ether oxygens (including phenoxy) is 1. The Labute approximate surface area is 151 Å². The molecule has 2 aromatic rings. The van der Waals surface area contributed by atoms with E-state index in [1.807, 2.05) is 6.92 Å². The number of carbonyl (C=O) groups is 1. The number of anilines is 1. The summed E-state index contributed by atoms with van der Waals surface area (Å²) in [7, 11) is 0. The summed E-state index contributed by atoms with van der Waals surface area (Å²) < 4.78 is 7.53. The molecular formula is C18H24N4O2S. The van der Waals surface area contributed by atoms with Gasteiger partial charge in [0.25, 0.3) is 0 Å². The molecule has 2 aliphatic rings. The van der Waals surface area contributed by atoms with Crippen LogP contribution in [0.25, 0.3) is 10.2 Å². The van der Waals surface area contributed by atoms with Crippen molar-refractivity contribution in [1.82, 2.24) is 15.3 Å². The number of piperidine rings is 1. The standard InChI is InChI=1S/C18H24N4O2S/c1-12-20-15-4-10-25-16(15)17(21-12)22-8-6-18(7-9-22)5-3-14(24-18)11-19-13(2)23/h4,10,14H,3,5-9,11H2,1-2H3,(H,19,23)/t14-/m0/s1. The molecule has 4 heterocycles. The minimum Gasteiger partial charge on any atom is -0.370 e. The van der Waals surface area contributed by atoms with Crippen molar-refractivity contribution in [3.8, 4) is 0 Å². The summed E-state index contributed by atoms with van der Waals surface area (Å²) in [5.74, 6) is 1.91. The first-order valence-electron chi connectivity index (χ1n) is 8.94. The van der Waals surface area contributed by atoms with Crippen molar-refractivity contribution in [2.45, 2.75) is 51.2 Å². The molecule has 4 rings (SSSR count). The lowest BCUT2D eigenvalue weighted by Crippen LogP contribution is -2.45. The van der Waals surface area contributed by atoms with Crippen LogP contribution in [-0.2, 0) is 9.53 Å². The number of aryl methyl sites for hydroxylation is 1. The maximum Gasteiger partial charge on any atom is 0.216 e. The van der Waals surface area contributed by atoms with E-state index in [0.717, 1.165) is 55.9 Å². The van der Waals surface area contributed by atoms with Crippen LogP contribution in [0.5, 0.6) is 0 Å². The summed E-state index contributed by atoms with van der Waals surface area (Å²) in [6, 6.07) is 2.07. The number of hydrogen-bond acceptors (Lipinski definition) is 6. The number of hydrogen-bond donors (Lipinski definition) is 1. The molecule has 2 saturated heterocycles. The average molecular weight is 360 g/mol. The van der Waals surface area contributed by atoms with Crippen LogP contribution < -0.4 is 10.2 Å². The van der Waals surface area contributed by atoms with Crippen LogP contribution >= 0.6 is 11.3 Å². The molecule has 0 unspecified atom stereocenters. The van der Waals surface area contributed by atoms with Crippen molar-refractivity contribution in [3.63, 3.8) is 0 Å². The van der Waals surface area contributed by atoms with Gasteiger partial charge in [0.05, 0.1) is 21.9 Å². The van der Waals surface area contributed by atoms with Gasteiger partial charge in [-0.15, -0.1) is 11.3 Å². The van der Waals surface area contributed by atoms with Gasteiger partial charge in [0.15, 0.2) is 0 Å². The number of rotatable bonds is 3. The fourth-order valence-electron chi connectivity index (χ4n) is 3.97. The molecule has 134 valence electrons. The second-order valence-corrected chi connectivity index (χ2v) is 8.03. The highest BCUT2D eigenvalue weighted by Crippen LogP contribution is 2.40. The molecule has 0 radical (unpaired) electrons. The highest BCUT2D eigenvalue weighted by atomic mass is 32.1. The van der Waals surface area contributed by atoms with Gasteiger partial charge in [-0.2, -0.15) is 0 Å². The third-order valence-corrected chi connectivity index (χ3v) is 6.19. The smallest absolute Gasteiger partial charge is 0.216 e. The normalized spacial score (nSPS) is 22.6. The van der Waals surface area contributed by atoms with Gasteiger partial charge in [0.2, 0.25) is 5.91 Å². The van der Waals surface area contributed by atoms with Crippen LogP contribution in [0.3, 0.4) is 0 Å². The van der Waals surface area contributed by atoms with Crippen molar-refractivity contribution in [1.29, 1.82) is 0 Å². The molecular weight excluding hydrogens is 336 g/mol. The van der Waals surface area contributed by atoms with Crippen LogP contribution in [0.2, 0.25) is 0 Å². The van der Waals surface area contributed by atoms with Crippen LogP contribution in [0.15, 0.2) is 11.4 Å². The van der Waals surface area contributed by atoms with E-state index >= 15 is 0 Å². The fraction of sp³-hybridized carbons (Fsp3) is 0.611. The molecule has 0 saturated carbocycles. The largest absolute Gasteiger partial charge is 0.370 e. The molecule has 1 atom stereocenters. The summed E-state index contributed by atoms with van der Waals surface area (Å²) in [4.78, 5) is 22.7. The summed E-state index contributed by atoms with van der Waals surface area (Å²) in [5.41, 5.74) is 1.02. The van der Waals surface area contributed by atoms with E-state index in [2.05, 4.69) is 26.6 Å². The van der Waals surface area contributed by atoms with Gasteiger partial charge in [0.1, 0.15) is 11.6 Å². The third kappa shape index (κ3) is 3.35. The van der Waals surface area contributed by atoms with Gasteiger partial charge in [-0.25, -0.2) is 9.97 Å². The Balaban J connectivity index is 1.43. The quantitative estimate of drug-likeness (QED) is 0.911. The second-order valence-electron chi connectivity index (χ2n) is 7.12. The molecule has 7 heteroatoms. The zero-order valence-corrected chi connectivity index (χ0v) is 15.6. The zero-order valence-electron chi connectivity index (χ0n) is 14.7. The van der Waals surface area contributed by atoms with Gasteiger partial charge in [-0.1, -0.05) is 0 Å². The molecule has 1 spiro atoms. The minimum absolute atomic E-state index is 0.0125. The minimum atomic E-state index is -0.0176. The van der Waals surface area contributed by atoms with Gasteiger partial charge in [-0.3, -0.25) is 4.79 Å². The molecule has 1 amide bonds. The van der Waals surface area contributed by atoms with Gasteiger partial charge >= 0.3 is 0 Å². The van der Waals surface area contributed by atoms with Gasteiger partial charge < -0.3 is 15.0 Å². The first-order valence-corrected chi connectivity index (χ1v) is 9.82. The maximum atomic E-state index is 11.1. The maximum absolute atomic E-state index is 11.1. The molecule has 0 bridgehead atoms. The molecule has 0 aromatic carbocycles. The molecule has 0 aliphatic carbocycles. The summed E-state index contributed by atoms with van der Waals surface area (Å²) in [6.07, 6.45) is 4.30. The van der Waals surface area contributed by atoms with E-state index < -0.39 is 0 Å². The lowest BCUT2D eigenvalue weighted by molar-refractivity contribution is -0.120. The highest BCUT2D eigenvalue weighted by Gasteiger charge is 2.42. The Hall–Kier alpha value is -1.73. The highest BCUT2D eigenvalue weighted by molar-refractivity contribution is 7.17. The number of thiophene rings is 1. The first-order chi connectivity index (χ1) is 12.0. The number of carbonyl (C=O) groups excluding carboxylic acids is 1. The number of fused-ring (bicyclic) bond motifs is 1. The average Bonchev–Trinajstić information content (AvgIpc) is 3.20. The molecule has 25 heavy (non-hydrogen) atoms. The van der Waals surface area contributed by atoms with Crippen molar-refractivity contribution in [2.24, 2.45) is 0 Å². The van der Waals surface area contributed by atoms with E-state index in [1.165, 1.54) is 4.70 Å². The van der Waals surface area contributed by atoms with Crippen LogP contribution in [0.4, 0.5) is 5.82 Å². The van der Waals surface area contributed by atoms with E-state index in [4.69, 9.17) is 9.72 Å². The van der Waals surface area contributed by atoms with Gasteiger partial charge in [0, 0.05) is 26.6 Å². The second kappa shape index (κ2) is 6.53. The molecule has 6 nitrogen and oxygen atoms in total. The van der Waals surface area contributed by atoms with Gasteiger partial charge in [-0.05, 0) is 44.1 Å². The van der Waals surface area contributed by atoms with Crippen molar-refractivity contribution >= 4 is 33.3 Å². The predicted octanol–water partition coefficient (Wildman–Crippen LogP) is 2.65. The Bertz CT molecular complexity index is 782. The van der Waals surface area contributed by atoms with Crippen LogP contribution in [0.1, 0.15) is 38.4 Å². The zero-order chi connectivity index (χ0) is 17.4. The summed E-state index contributed by atoms with van der Waals surface area (Å²) in [6.45, 7) is 6.05. The number of amides is 1.